The van der Waals surface area contributed by atoms with Gasteiger partial charge in [0, 0.05) is 31.9 Å². The zero-order chi connectivity index (χ0) is 12.8. The van der Waals surface area contributed by atoms with Gasteiger partial charge in [-0.05, 0) is 30.9 Å². The zero-order valence-corrected chi connectivity index (χ0v) is 11.2. The molecule has 0 radical (unpaired) electrons. The lowest BCUT2D eigenvalue weighted by atomic mass is 10.2. The summed E-state index contributed by atoms with van der Waals surface area (Å²) in [7, 11) is 0. The van der Waals surface area contributed by atoms with Crippen LogP contribution in [0.5, 0.6) is 0 Å². The Morgan fingerprint density at radius 2 is 2.39 bits per heavy atom. The van der Waals surface area contributed by atoms with Crippen molar-refractivity contribution in [3.63, 3.8) is 0 Å². The van der Waals surface area contributed by atoms with Crippen molar-refractivity contribution in [3.8, 4) is 0 Å². The van der Waals surface area contributed by atoms with Gasteiger partial charge in [-0.15, -0.1) is 6.58 Å². The van der Waals surface area contributed by atoms with Crippen LogP contribution in [0.15, 0.2) is 31.1 Å². The van der Waals surface area contributed by atoms with Crippen LogP contribution >= 0.6 is 0 Å². The molecule has 1 aromatic rings. The molecule has 1 N–H and O–H groups in total. The molecule has 0 amide bonds. The molecule has 1 aromatic heterocycles. The summed E-state index contributed by atoms with van der Waals surface area (Å²) in [4.78, 5) is 6.62. The minimum atomic E-state index is 0.741. The van der Waals surface area contributed by atoms with E-state index >= 15 is 0 Å². The fourth-order valence-corrected chi connectivity index (χ4v) is 2.13. The molecule has 3 heteroatoms. The standard InChI is InChI=1S/C15H23N3/c1-3-9-18(10-4-2)15-12-16-8-7-13(15)11-17-14-5-6-14/h3,7-8,12,14,17H,1,4-6,9-11H2,2H3. The fraction of sp³-hybridized carbons (Fsp3) is 0.533. The monoisotopic (exact) mass is 245 g/mol. The average Bonchev–Trinajstić information content (AvgIpc) is 3.21. The molecule has 1 aliphatic rings. The van der Waals surface area contributed by atoms with Gasteiger partial charge in [0.25, 0.3) is 0 Å². The summed E-state index contributed by atoms with van der Waals surface area (Å²) >= 11 is 0. The highest BCUT2D eigenvalue weighted by molar-refractivity contribution is 5.52. The highest BCUT2D eigenvalue weighted by atomic mass is 15.1. The molecule has 1 aliphatic carbocycles. The molecule has 98 valence electrons. The van der Waals surface area contributed by atoms with Crippen molar-refractivity contribution in [1.82, 2.24) is 10.3 Å². The van der Waals surface area contributed by atoms with Crippen LogP contribution in [-0.4, -0.2) is 24.1 Å². The second-order valence-electron chi connectivity index (χ2n) is 4.89. The summed E-state index contributed by atoms with van der Waals surface area (Å²) in [5.74, 6) is 0. The first-order valence-electron chi connectivity index (χ1n) is 6.87. The molecule has 0 bridgehead atoms. The number of anilines is 1. The number of pyridine rings is 1. The van der Waals surface area contributed by atoms with Crippen LogP contribution in [0.4, 0.5) is 5.69 Å². The van der Waals surface area contributed by atoms with E-state index in [0.29, 0.717) is 0 Å². The molecule has 0 aliphatic heterocycles. The van der Waals surface area contributed by atoms with Gasteiger partial charge in [-0.1, -0.05) is 13.0 Å². The number of nitrogens with one attached hydrogen (secondary N) is 1. The second-order valence-corrected chi connectivity index (χ2v) is 4.89. The number of nitrogens with zero attached hydrogens (tertiary/aromatic N) is 2. The van der Waals surface area contributed by atoms with Gasteiger partial charge < -0.3 is 10.2 Å². The second kappa shape index (κ2) is 6.55. The van der Waals surface area contributed by atoms with Gasteiger partial charge in [0.15, 0.2) is 0 Å². The minimum Gasteiger partial charge on any atom is -0.366 e. The fourth-order valence-electron chi connectivity index (χ4n) is 2.13. The Morgan fingerprint density at radius 1 is 1.56 bits per heavy atom. The smallest absolute Gasteiger partial charge is 0.0601 e. The van der Waals surface area contributed by atoms with E-state index in [0.717, 1.165) is 32.1 Å². The van der Waals surface area contributed by atoms with Crippen LogP contribution in [-0.2, 0) is 6.54 Å². The van der Waals surface area contributed by atoms with Crippen LogP contribution in [0.1, 0.15) is 31.7 Å². The Kier molecular flexibility index (Phi) is 4.76. The molecule has 0 atom stereocenters. The molecule has 0 aromatic carbocycles. The molecule has 1 heterocycles. The van der Waals surface area contributed by atoms with Crippen LogP contribution in [0.3, 0.4) is 0 Å². The van der Waals surface area contributed by atoms with Crippen LogP contribution < -0.4 is 10.2 Å². The van der Waals surface area contributed by atoms with Crippen molar-refractivity contribution in [3.05, 3.63) is 36.7 Å². The lowest BCUT2D eigenvalue weighted by Gasteiger charge is -2.25. The van der Waals surface area contributed by atoms with Gasteiger partial charge in [0.2, 0.25) is 0 Å². The first kappa shape index (κ1) is 13.1. The molecule has 0 spiro atoms. The normalized spacial score (nSPS) is 14.5. The number of aromatic nitrogens is 1. The van der Waals surface area contributed by atoms with E-state index in [1.807, 2.05) is 18.5 Å². The number of hydrogen-bond acceptors (Lipinski definition) is 3. The van der Waals surface area contributed by atoms with Gasteiger partial charge in [0.1, 0.15) is 0 Å². The predicted molar refractivity (Wildman–Crippen MR) is 76.8 cm³/mol. The SMILES string of the molecule is C=CCN(CCC)c1cnccc1CNC1CC1. The van der Waals surface area contributed by atoms with Crippen molar-refractivity contribution in [2.24, 2.45) is 0 Å². The van der Waals surface area contributed by atoms with E-state index in [1.54, 1.807) is 0 Å². The third-order valence-electron chi connectivity index (χ3n) is 3.23. The molecule has 0 saturated heterocycles. The summed E-state index contributed by atoms with van der Waals surface area (Å²) in [5.41, 5.74) is 2.58. The lowest BCUT2D eigenvalue weighted by Crippen LogP contribution is -2.26. The van der Waals surface area contributed by atoms with Crippen LogP contribution in [0.25, 0.3) is 0 Å². The highest BCUT2D eigenvalue weighted by Crippen LogP contribution is 2.23. The Hall–Kier alpha value is -1.35. The van der Waals surface area contributed by atoms with Gasteiger partial charge in [0.05, 0.1) is 11.9 Å². The molecular formula is C15H23N3. The predicted octanol–water partition coefficient (Wildman–Crippen LogP) is 2.74. The summed E-state index contributed by atoms with van der Waals surface area (Å²) < 4.78 is 0. The molecule has 0 unspecified atom stereocenters. The summed E-state index contributed by atoms with van der Waals surface area (Å²) in [6.45, 7) is 8.93. The molecule has 1 saturated carbocycles. The van der Waals surface area contributed by atoms with Gasteiger partial charge in [-0.2, -0.15) is 0 Å². The third kappa shape index (κ3) is 3.57. The van der Waals surface area contributed by atoms with E-state index < -0.39 is 0 Å². The Labute approximate surface area is 110 Å². The molecule has 3 nitrogen and oxygen atoms in total. The van der Waals surface area contributed by atoms with E-state index in [2.05, 4.69) is 34.8 Å². The van der Waals surface area contributed by atoms with Crippen molar-refractivity contribution < 1.29 is 0 Å². The third-order valence-corrected chi connectivity index (χ3v) is 3.23. The maximum absolute atomic E-state index is 4.27. The van der Waals surface area contributed by atoms with Crippen molar-refractivity contribution in [2.75, 3.05) is 18.0 Å². The van der Waals surface area contributed by atoms with Gasteiger partial charge >= 0.3 is 0 Å². The number of rotatable bonds is 8. The summed E-state index contributed by atoms with van der Waals surface area (Å²) in [5, 5.41) is 3.57. The average molecular weight is 245 g/mol. The maximum atomic E-state index is 4.27. The minimum absolute atomic E-state index is 0.741. The molecular weight excluding hydrogens is 222 g/mol. The molecule has 18 heavy (non-hydrogen) atoms. The van der Waals surface area contributed by atoms with E-state index in [9.17, 15) is 0 Å². The van der Waals surface area contributed by atoms with E-state index in [-0.39, 0.29) is 0 Å². The van der Waals surface area contributed by atoms with Crippen LogP contribution in [0, 0.1) is 0 Å². The highest BCUT2D eigenvalue weighted by Gasteiger charge is 2.20. The Morgan fingerprint density at radius 3 is 3.06 bits per heavy atom. The molecule has 2 rings (SSSR count). The number of hydrogen-bond donors (Lipinski definition) is 1. The topological polar surface area (TPSA) is 28.2 Å². The Balaban J connectivity index is 2.09. The zero-order valence-electron chi connectivity index (χ0n) is 11.2. The van der Waals surface area contributed by atoms with Gasteiger partial charge in [-0.25, -0.2) is 0 Å². The van der Waals surface area contributed by atoms with Crippen LogP contribution in [0.2, 0.25) is 0 Å². The summed E-state index contributed by atoms with van der Waals surface area (Å²) in [6.07, 6.45) is 9.60. The Bertz CT molecular complexity index is 385. The molecule has 1 fully saturated rings. The van der Waals surface area contributed by atoms with E-state index in [4.69, 9.17) is 0 Å². The largest absolute Gasteiger partial charge is 0.366 e. The summed E-state index contributed by atoms with van der Waals surface area (Å²) in [6, 6.07) is 2.86. The van der Waals surface area contributed by atoms with E-state index in [1.165, 1.54) is 24.1 Å². The van der Waals surface area contributed by atoms with Crippen molar-refractivity contribution in [1.29, 1.82) is 0 Å². The van der Waals surface area contributed by atoms with Crippen molar-refractivity contribution in [2.45, 2.75) is 38.8 Å². The quantitative estimate of drug-likeness (QED) is 0.714. The first-order chi connectivity index (χ1) is 8.85. The van der Waals surface area contributed by atoms with Gasteiger partial charge in [-0.3, -0.25) is 4.98 Å². The maximum Gasteiger partial charge on any atom is 0.0601 e. The van der Waals surface area contributed by atoms with Crippen molar-refractivity contribution >= 4 is 5.69 Å². The first-order valence-corrected chi connectivity index (χ1v) is 6.87. The lowest BCUT2D eigenvalue weighted by molar-refractivity contribution is 0.682.